The van der Waals surface area contributed by atoms with Crippen LogP contribution >= 0.6 is 0 Å². The lowest BCUT2D eigenvalue weighted by molar-refractivity contribution is -0.696. The van der Waals surface area contributed by atoms with Gasteiger partial charge in [-0.2, -0.15) is 0 Å². The van der Waals surface area contributed by atoms with Gasteiger partial charge in [0, 0.05) is 14.5 Å². The molecule has 0 unspecified atom stereocenters. The van der Waals surface area contributed by atoms with Crippen LogP contribution in [0.2, 0.25) is 25.7 Å². The molecule has 0 spiro atoms. The standard InChI is InChI=1S/C21H39N2Si.HI/c1-5-6-7-8-10-13-16-22-18-19-23(21-22)17-14-11-9-12-15-20-24(2,3)4;/h18-19,21H,5-9,11-12,14-17,20H2,1-4H3;1H/q+1;/p-1. The maximum atomic E-state index is 3.28. The third-order valence-electron chi connectivity index (χ3n) is 4.38. The fourth-order valence-corrected chi connectivity index (χ4v) is 4.15. The summed E-state index contributed by atoms with van der Waals surface area (Å²) in [4.78, 5) is 0. The van der Waals surface area contributed by atoms with Gasteiger partial charge in [-0.3, -0.25) is 0 Å². The topological polar surface area (TPSA) is 8.81 Å². The van der Waals surface area contributed by atoms with E-state index in [0.29, 0.717) is 0 Å². The lowest BCUT2D eigenvalue weighted by atomic mass is 10.1. The summed E-state index contributed by atoms with van der Waals surface area (Å²) in [6, 6.07) is 1.49. The molecular weight excluding hydrogens is 435 g/mol. The molecule has 0 N–H and O–H groups in total. The molecular formula is C21H39IN2Si. The predicted molar refractivity (Wildman–Crippen MR) is 108 cm³/mol. The Morgan fingerprint density at radius 3 is 2.36 bits per heavy atom. The van der Waals surface area contributed by atoms with Crippen molar-refractivity contribution >= 4 is 8.07 Å². The van der Waals surface area contributed by atoms with Gasteiger partial charge < -0.3 is 24.0 Å². The van der Waals surface area contributed by atoms with E-state index < -0.39 is 8.07 Å². The number of aromatic nitrogens is 2. The van der Waals surface area contributed by atoms with Gasteiger partial charge >= 0.3 is 0 Å². The molecule has 0 aliphatic carbocycles. The normalized spacial score (nSPS) is 10.9. The number of nitrogens with zero attached hydrogens (tertiary/aromatic N) is 2. The number of aryl methyl sites for hydroxylation is 1. The second-order valence-corrected chi connectivity index (χ2v) is 13.8. The monoisotopic (exact) mass is 474 g/mol. The summed E-state index contributed by atoms with van der Waals surface area (Å²) in [5.74, 6) is 6.56. The summed E-state index contributed by atoms with van der Waals surface area (Å²) in [6.07, 6.45) is 18.3. The highest BCUT2D eigenvalue weighted by atomic mass is 127. The van der Waals surface area contributed by atoms with Crippen LogP contribution in [0, 0.1) is 11.8 Å². The van der Waals surface area contributed by atoms with Crippen LogP contribution in [0.4, 0.5) is 0 Å². The van der Waals surface area contributed by atoms with E-state index in [1.165, 1.54) is 57.4 Å². The molecule has 0 aliphatic heterocycles. The second-order valence-electron chi connectivity index (χ2n) is 8.21. The average Bonchev–Trinajstić information content (AvgIpc) is 2.96. The SMILES string of the molecule is CCCCCC#CCn1cc[n+](CCCCCCC[Si](C)(C)C)c1.[I-]. The number of halogens is 1. The molecule has 1 heterocycles. The molecule has 0 bridgehead atoms. The molecule has 0 aliphatic rings. The van der Waals surface area contributed by atoms with Crippen molar-refractivity contribution in [3.05, 3.63) is 18.7 Å². The molecule has 2 nitrogen and oxygen atoms in total. The van der Waals surface area contributed by atoms with E-state index in [-0.39, 0.29) is 24.0 Å². The van der Waals surface area contributed by atoms with Crippen molar-refractivity contribution < 1.29 is 28.5 Å². The highest BCUT2D eigenvalue weighted by Crippen LogP contribution is 2.14. The summed E-state index contributed by atoms with van der Waals surface area (Å²) in [5.41, 5.74) is 0. The van der Waals surface area contributed by atoms with Crippen LogP contribution in [0.5, 0.6) is 0 Å². The van der Waals surface area contributed by atoms with Crippen LogP contribution in [0.1, 0.15) is 64.7 Å². The van der Waals surface area contributed by atoms with Crippen molar-refractivity contribution in [1.82, 2.24) is 4.57 Å². The molecule has 25 heavy (non-hydrogen) atoms. The van der Waals surface area contributed by atoms with Crippen molar-refractivity contribution in [3.8, 4) is 11.8 Å². The number of imidazole rings is 1. The maximum Gasteiger partial charge on any atom is 0.244 e. The number of unbranched alkanes of at least 4 members (excludes halogenated alkanes) is 7. The van der Waals surface area contributed by atoms with Gasteiger partial charge in [0.15, 0.2) is 6.54 Å². The van der Waals surface area contributed by atoms with E-state index >= 15 is 0 Å². The molecule has 0 atom stereocenters. The first-order valence-electron chi connectivity index (χ1n) is 10.0. The fraction of sp³-hybridized carbons (Fsp3) is 0.762. The zero-order valence-corrected chi connectivity index (χ0v) is 20.1. The van der Waals surface area contributed by atoms with E-state index in [1.807, 2.05) is 0 Å². The first-order chi connectivity index (χ1) is 11.5. The van der Waals surface area contributed by atoms with Gasteiger partial charge in [-0.15, -0.1) is 0 Å². The minimum absolute atomic E-state index is 0. The van der Waals surface area contributed by atoms with Crippen molar-refractivity contribution in [3.63, 3.8) is 0 Å². The number of rotatable bonds is 12. The summed E-state index contributed by atoms with van der Waals surface area (Å²) in [6.45, 7) is 11.6. The largest absolute Gasteiger partial charge is 1.00 e. The van der Waals surface area contributed by atoms with Crippen LogP contribution in [0.15, 0.2) is 18.7 Å². The third kappa shape index (κ3) is 14.6. The fourth-order valence-electron chi connectivity index (χ4n) is 2.84. The summed E-state index contributed by atoms with van der Waals surface area (Å²) >= 11 is 0. The van der Waals surface area contributed by atoms with E-state index in [4.69, 9.17) is 0 Å². The molecule has 1 aromatic rings. The van der Waals surface area contributed by atoms with Crippen LogP contribution in [-0.4, -0.2) is 12.6 Å². The zero-order valence-electron chi connectivity index (χ0n) is 17.0. The van der Waals surface area contributed by atoms with E-state index in [2.05, 4.69) is 66.3 Å². The summed E-state index contributed by atoms with van der Waals surface area (Å²) in [7, 11) is -0.815. The van der Waals surface area contributed by atoms with Crippen LogP contribution in [0.3, 0.4) is 0 Å². The summed E-state index contributed by atoms with van der Waals surface area (Å²) < 4.78 is 4.50. The molecule has 0 amide bonds. The van der Waals surface area contributed by atoms with Gasteiger partial charge in [-0.1, -0.05) is 76.6 Å². The Bertz CT molecular complexity index is 494. The molecule has 0 saturated carbocycles. The first-order valence-corrected chi connectivity index (χ1v) is 13.7. The van der Waals surface area contributed by atoms with E-state index in [1.54, 1.807) is 0 Å². The lowest BCUT2D eigenvalue weighted by Crippen LogP contribution is -3.00. The quantitative estimate of drug-likeness (QED) is 0.145. The highest BCUT2D eigenvalue weighted by molar-refractivity contribution is 6.76. The minimum atomic E-state index is -0.815. The number of hydrogen-bond acceptors (Lipinski definition) is 0. The first kappa shape index (κ1) is 24.7. The summed E-state index contributed by atoms with van der Waals surface area (Å²) in [5, 5.41) is 0. The molecule has 1 aromatic heterocycles. The average molecular weight is 475 g/mol. The van der Waals surface area contributed by atoms with Crippen LogP contribution in [-0.2, 0) is 13.1 Å². The Labute approximate surface area is 174 Å². The lowest BCUT2D eigenvalue weighted by Gasteiger charge is -2.14. The Kier molecular flexibility index (Phi) is 14.7. The number of hydrogen-bond donors (Lipinski definition) is 0. The van der Waals surface area contributed by atoms with E-state index in [0.717, 1.165) is 19.5 Å². The van der Waals surface area contributed by atoms with E-state index in [9.17, 15) is 0 Å². The Morgan fingerprint density at radius 2 is 1.64 bits per heavy atom. The smallest absolute Gasteiger partial charge is 0.244 e. The van der Waals surface area contributed by atoms with Crippen molar-refractivity contribution in [2.75, 3.05) is 0 Å². The van der Waals surface area contributed by atoms with Gasteiger partial charge in [0.2, 0.25) is 6.33 Å². The molecule has 0 saturated heterocycles. The Balaban J connectivity index is 0.00000576. The van der Waals surface area contributed by atoms with Crippen molar-refractivity contribution in [2.24, 2.45) is 0 Å². The maximum absolute atomic E-state index is 3.28. The van der Waals surface area contributed by atoms with Crippen molar-refractivity contribution in [1.29, 1.82) is 0 Å². The molecule has 144 valence electrons. The van der Waals surface area contributed by atoms with Gasteiger partial charge in [-0.05, 0) is 19.3 Å². The molecule has 0 aromatic carbocycles. The Hall–Kier alpha value is -0.283. The van der Waals surface area contributed by atoms with Gasteiger partial charge in [0.05, 0.1) is 6.54 Å². The van der Waals surface area contributed by atoms with Gasteiger partial charge in [0.25, 0.3) is 0 Å². The predicted octanol–water partition coefficient (Wildman–Crippen LogP) is 2.65. The molecule has 4 heteroatoms. The zero-order chi connectivity index (χ0) is 17.7. The molecule has 0 radical (unpaired) electrons. The van der Waals surface area contributed by atoms with Crippen molar-refractivity contribution in [2.45, 2.75) is 103 Å². The molecule has 1 rings (SSSR count). The highest BCUT2D eigenvalue weighted by Gasteiger charge is 2.11. The van der Waals surface area contributed by atoms with Gasteiger partial charge in [0.1, 0.15) is 12.4 Å². The van der Waals surface area contributed by atoms with Crippen LogP contribution in [0.25, 0.3) is 0 Å². The second kappa shape index (κ2) is 14.8. The third-order valence-corrected chi connectivity index (χ3v) is 6.23. The molecule has 0 fully saturated rings. The Morgan fingerprint density at radius 1 is 0.920 bits per heavy atom. The minimum Gasteiger partial charge on any atom is -1.00 e. The van der Waals surface area contributed by atoms with Gasteiger partial charge in [-0.25, -0.2) is 9.13 Å². The van der Waals surface area contributed by atoms with Crippen LogP contribution < -0.4 is 28.5 Å².